The first-order chi connectivity index (χ1) is 16.5. The number of carbonyl (C=O) groups excluding carboxylic acids is 1. The van der Waals surface area contributed by atoms with Crippen LogP contribution in [0.15, 0.2) is 39.9 Å². The minimum Gasteiger partial charge on any atom is -0.494 e. The van der Waals surface area contributed by atoms with Crippen molar-refractivity contribution in [2.24, 2.45) is 0 Å². The van der Waals surface area contributed by atoms with E-state index in [0.29, 0.717) is 60.7 Å². The molecule has 0 radical (unpaired) electrons. The summed E-state index contributed by atoms with van der Waals surface area (Å²) in [7, 11) is 3.08. The molecule has 0 spiro atoms. The van der Waals surface area contributed by atoms with E-state index in [0.717, 1.165) is 17.5 Å². The first-order valence-electron chi connectivity index (χ1n) is 11.3. The molecule has 0 saturated carbocycles. The van der Waals surface area contributed by atoms with Crippen molar-refractivity contribution in [2.75, 3.05) is 33.9 Å². The molecular formula is C25H29N3O6. The van der Waals surface area contributed by atoms with Crippen LogP contribution in [-0.2, 0) is 11.3 Å². The molecule has 180 valence electrons. The third-order valence-electron chi connectivity index (χ3n) is 6.33. The normalized spacial score (nSPS) is 14.3. The summed E-state index contributed by atoms with van der Waals surface area (Å²) >= 11 is 0. The number of H-pyrrole nitrogens is 1. The Morgan fingerprint density at radius 1 is 1.03 bits per heavy atom. The number of rotatable bonds is 8. The number of fused-ring (bicyclic) bond motifs is 1. The summed E-state index contributed by atoms with van der Waals surface area (Å²) in [5.74, 6) is 1.76. The van der Waals surface area contributed by atoms with Crippen molar-refractivity contribution in [3.05, 3.63) is 62.3 Å². The van der Waals surface area contributed by atoms with Crippen molar-refractivity contribution < 1.29 is 19.0 Å². The molecule has 2 heterocycles. The van der Waals surface area contributed by atoms with Crippen LogP contribution in [0.2, 0.25) is 0 Å². The zero-order chi connectivity index (χ0) is 24.2. The summed E-state index contributed by atoms with van der Waals surface area (Å²) in [6, 6.07) is 8.81. The Hall–Kier alpha value is -3.75. The minimum absolute atomic E-state index is 0.0367. The highest BCUT2D eigenvalue weighted by Gasteiger charge is 2.27. The zero-order valence-electron chi connectivity index (χ0n) is 19.6. The molecule has 0 unspecified atom stereocenters. The second-order valence-electron chi connectivity index (χ2n) is 8.26. The van der Waals surface area contributed by atoms with Gasteiger partial charge >= 0.3 is 5.69 Å². The van der Waals surface area contributed by atoms with Crippen LogP contribution in [-0.4, -0.2) is 54.8 Å². The Morgan fingerprint density at radius 3 is 2.38 bits per heavy atom. The third kappa shape index (κ3) is 4.37. The fourth-order valence-electron chi connectivity index (χ4n) is 4.63. The Balaban J connectivity index is 1.84. The highest BCUT2D eigenvalue weighted by Crippen LogP contribution is 2.37. The molecule has 1 aliphatic rings. The first kappa shape index (κ1) is 23.4. The predicted octanol–water partition coefficient (Wildman–Crippen LogP) is 2.49. The number of hydrogen-bond donors (Lipinski definition) is 1. The quantitative estimate of drug-likeness (QED) is 0.511. The van der Waals surface area contributed by atoms with E-state index in [2.05, 4.69) is 4.98 Å². The number of aromatic nitrogens is 2. The molecule has 0 aliphatic carbocycles. The van der Waals surface area contributed by atoms with Gasteiger partial charge in [0.1, 0.15) is 5.75 Å². The lowest BCUT2D eigenvalue weighted by Crippen LogP contribution is -2.37. The van der Waals surface area contributed by atoms with Crippen LogP contribution in [0.3, 0.4) is 0 Å². The number of methoxy groups -OCH3 is 2. The summed E-state index contributed by atoms with van der Waals surface area (Å²) in [5.41, 5.74) is 1.15. The largest absolute Gasteiger partial charge is 0.494 e. The second kappa shape index (κ2) is 10.0. The van der Waals surface area contributed by atoms with E-state index >= 15 is 0 Å². The van der Waals surface area contributed by atoms with E-state index in [1.807, 2.05) is 6.92 Å². The van der Waals surface area contributed by atoms with Crippen LogP contribution in [0, 0.1) is 0 Å². The molecule has 1 aromatic heterocycles. The van der Waals surface area contributed by atoms with Crippen LogP contribution >= 0.6 is 0 Å². The molecule has 1 aliphatic heterocycles. The molecule has 1 amide bonds. The van der Waals surface area contributed by atoms with Crippen LogP contribution < -0.4 is 25.5 Å². The van der Waals surface area contributed by atoms with Crippen molar-refractivity contribution in [2.45, 2.75) is 32.2 Å². The number of aromatic amines is 1. The number of likely N-dealkylation sites (tertiary alicyclic amines) is 1. The fourth-order valence-corrected chi connectivity index (χ4v) is 4.63. The smallest absolute Gasteiger partial charge is 0.329 e. The standard InChI is InChI=1S/C25H29N3O6/c1-4-34-20-8-6-18-23(22(20)17-9-11-27(15-29)12-10-17)24(30)28(25(31)26-18)14-16-5-7-19(32-2)21(13-16)33-3/h5-8,13,15,17H,4,9-12,14H2,1-3H3,(H,26,31). The highest BCUT2D eigenvalue weighted by atomic mass is 16.5. The maximum absolute atomic E-state index is 13.7. The van der Waals surface area contributed by atoms with Gasteiger partial charge in [0.15, 0.2) is 11.5 Å². The van der Waals surface area contributed by atoms with Crippen molar-refractivity contribution in [1.82, 2.24) is 14.5 Å². The number of ether oxygens (including phenoxy) is 3. The van der Waals surface area contributed by atoms with Crippen LogP contribution in [0.25, 0.3) is 10.9 Å². The summed E-state index contributed by atoms with van der Waals surface area (Å²) in [4.78, 5) is 42.4. The second-order valence-corrected chi connectivity index (χ2v) is 8.26. The van der Waals surface area contributed by atoms with Crippen molar-refractivity contribution in [3.63, 3.8) is 0 Å². The van der Waals surface area contributed by atoms with Gasteiger partial charge in [0.25, 0.3) is 5.56 Å². The molecule has 34 heavy (non-hydrogen) atoms. The Labute approximate surface area is 196 Å². The average molecular weight is 468 g/mol. The lowest BCUT2D eigenvalue weighted by molar-refractivity contribution is -0.119. The van der Waals surface area contributed by atoms with Gasteiger partial charge < -0.3 is 24.1 Å². The number of benzene rings is 2. The molecule has 1 saturated heterocycles. The first-order valence-corrected chi connectivity index (χ1v) is 11.3. The fraction of sp³-hybridized carbons (Fsp3) is 0.400. The molecule has 9 nitrogen and oxygen atoms in total. The number of carbonyl (C=O) groups is 1. The van der Waals surface area contributed by atoms with E-state index in [1.54, 1.807) is 42.3 Å². The molecule has 0 bridgehead atoms. The minimum atomic E-state index is -0.488. The molecule has 1 fully saturated rings. The number of nitrogens with zero attached hydrogens (tertiary/aromatic N) is 2. The van der Waals surface area contributed by atoms with E-state index in [-0.39, 0.29) is 18.0 Å². The van der Waals surface area contributed by atoms with Gasteiger partial charge in [-0.15, -0.1) is 0 Å². The highest BCUT2D eigenvalue weighted by molar-refractivity contribution is 5.84. The Kier molecular flexibility index (Phi) is 6.90. The number of nitrogens with one attached hydrogen (secondary N) is 1. The van der Waals surface area contributed by atoms with E-state index < -0.39 is 5.69 Å². The van der Waals surface area contributed by atoms with Gasteiger partial charge in [-0.05, 0) is 55.5 Å². The topological polar surface area (TPSA) is 103 Å². The van der Waals surface area contributed by atoms with Gasteiger partial charge in [0.2, 0.25) is 6.41 Å². The molecule has 9 heteroatoms. The van der Waals surface area contributed by atoms with E-state index in [1.165, 1.54) is 11.7 Å². The zero-order valence-corrected chi connectivity index (χ0v) is 19.6. The summed E-state index contributed by atoms with van der Waals surface area (Å²) in [5, 5.41) is 0.454. The maximum Gasteiger partial charge on any atom is 0.329 e. The maximum atomic E-state index is 13.7. The van der Waals surface area contributed by atoms with E-state index in [4.69, 9.17) is 14.2 Å². The van der Waals surface area contributed by atoms with Gasteiger partial charge in [-0.1, -0.05) is 6.07 Å². The van der Waals surface area contributed by atoms with E-state index in [9.17, 15) is 14.4 Å². The number of amides is 1. The van der Waals surface area contributed by atoms with Gasteiger partial charge in [-0.2, -0.15) is 0 Å². The summed E-state index contributed by atoms with van der Waals surface area (Å²) in [6.45, 7) is 3.64. The lowest BCUT2D eigenvalue weighted by atomic mass is 9.86. The lowest BCUT2D eigenvalue weighted by Gasteiger charge is -2.31. The Bertz CT molecular complexity index is 1300. The van der Waals surface area contributed by atoms with Crippen LogP contribution in [0.1, 0.15) is 36.8 Å². The van der Waals surface area contributed by atoms with Crippen molar-refractivity contribution in [1.29, 1.82) is 0 Å². The third-order valence-corrected chi connectivity index (χ3v) is 6.33. The van der Waals surface area contributed by atoms with Gasteiger partial charge in [0.05, 0.1) is 38.3 Å². The number of piperidine rings is 1. The van der Waals surface area contributed by atoms with Gasteiger partial charge in [-0.3, -0.25) is 14.2 Å². The molecule has 2 aromatic carbocycles. The molecule has 1 N–H and O–H groups in total. The SMILES string of the molecule is CCOc1ccc2[nH]c(=O)n(Cc3ccc(OC)c(OC)c3)c(=O)c2c1C1CCN(C=O)CC1. The Morgan fingerprint density at radius 2 is 1.74 bits per heavy atom. The van der Waals surface area contributed by atoms with Crippen molar-refractivity contribution in [3.8, 4) is 17.2 Å². The number of hydrogen-bond acceptors (Lipinski definition) is 6. The predicted molar refractivity (Wildman–Crippen MR) is 128 cm³/mol. The van der Waals surface area contributed by atoms with Gasteiger partial charge in [-0.25, -0.2) is 4.79 Å². The molecule has 0 atom stereocenters. The molecule has 4 rings (SSSR count). The van der Waals surface area contributed by atoms with Crippen LogP contribution in [0.4, 0.5) is 0 Å². The monoisotopic (exact) mass is 467 g/mol. The van der Waals surface area contributed by atoms with Crippen LogP contribution in [0.5, 0.6) is 17.2 Å². The average Bonchev–Trinajstić information content (AvgIpc) is 2.86. The molecular weight excluding hydrogens is 438 g/mol. The summed E-state index contributed by atoms with van der Waals surface area (Å²) < 4.78 is 17.7. The van der Waals surface area contributed by atoms with Crippen molar-refractivity contribution >= 4 is 17.3 Å². The van der Waals surface area contributed by atoms with Gasteiger partial charge in [0, 0.05) is 18.7 Å². The summed E-state index contributed by atoms with van der Waals surface area (Å²) in [6.07, 6.45) is 2.29. The molecule has 3 aromatic rings.